The van der Waals surface area contributed by atoms with Gasteiger partial charge in [-0.25, -0.2) is 4.79 Å². The van der Waals surface area contributed by atoms with Gasteiger partial charge in [0, 0.05) is 13.1 Å². The van der Waals surface area contributed by atoms with Gasteiger partial charge in [-0.05, 0) is 0 Å². The Kier molecular flexibility index (Phi) is 4.73. The SMILES string of the molecule is CP(=O)(O)C(CC(N)C(=O)O)OC(=O)O. The van der Waals surface area contributed by atoms with Gasteiger partial charge in [0.15, 0.2) is 5.85 Å². The summed E-state index contributed by atoms with van der Waals surface area (Å²) in [7, 11) is -3.87. The minimum Gasteiger partial charge on any atom is -0.480 e. The van der Waals surface area contributed by atoms with Gasteiger partial charge in [0.25, 0.3) is 0 Å². The topological polar surface area (TPSA) is 147 Å². The summed E-state index contributed by atoms with van der Waals surface area (Å²) in [6, 6.07) is -1.45. The molecule has 0 aromatic heterocycles. The lowest BCUT2D eigenvalue weighted by atomic mass is 10.2. The molecule has 0 saturated heterocycles. The van der Waals surface area contributed by atoms with E-state index in [1.165, 1.54) is 0 Å². The summed E-state index contributed by atoms with van der Waals surface area (Å²) in [6.07, 6.45) is -2.31. The summed E-state index contributed by atoms with van der Waals surface area (Å²) in [6.45, 7) is 0.870. The van der Waals surface area contributed by atoms with Crippen molar-refractivity contribution in [2.75, 3.05) is 6.66 Å². The second kappa shape index (κ2) is 5.11. The number of hydrogen-bond donors (Lipinski definition) is 4. The summed E-state index contributed by atoms with van der Waals surface area (Å²) in [5.74, 6) is -3.02. The molecule has 0 aliphatic rings. The lowest BCUT2D eigenvalue weighted by Crippen LogP contribution is -2.35. The van der Waals surface area contributed by atoms with Crippen LogP contribution in [0.3, 0.4) is 0 Å². The van der Waals surface area contributed by atoms with Gasteiger partial charge in [-0.1, -0.05) is 0 Å². The van der Waals surface area contributed by atoms with E-state index in [1.807, 2.05) is 0 Å². The standard InChI is InChI=1S/C6H12NO7P/c1-15(12,13)4(14-6(10)11)2-3(7)5(8)9/h3-4H,2,7H2,1H3,(H,8,9)(H,10,11)(H,12,13). The van der Waals surface area contributed by atoms with Crippen molar-refractivity contribution >= 4 is 19.5 Å². The van der Waals surface area contributed by atoms with Gasteiger partial charge in [-0.3, -0.25) is 9.36 Å². The van der Waals surface area contributed by atoms with E-state index in [0.717, 1.165) is 6.66 Å². The van der Waals surface area contributed by atoms with E-state index in [0.29, 0.717) is 0 Å². The number of carbonyl (C=O) groups is 2. The number of nitrogens with two attached hydrogens (primary N) is 1. The van der Waals surface area contributed by atoms with Crippen LogP contribution < -0.4 is 5.73 Å². The van der Waals surface area contributed by atoms with Gasteiger partial charge in [0.2, 0.25) is 7.37 Å². The third kappa shape index (κ3) is 5.36. The molecule has 3 unspecified atom stereocenters. The number of carboxylic acids is 1. The summed E-state index contributed by atoms with van der Waals surface area (Å²) in [5.41, 5.74) is 5.09. The first-order chi connectivity index (χ1) is 6.64. The molecule has 15 heavy (non-hydrogen) atoms. The molecule has 9 heteroatoms. The molecule has 3 atom stereocenters. The molecule has 0 spiro atoms. The van der Waals surface area contributed by atoms with Gasteiger partial charge >= 0.3 is 12.1 Å². The van der Waals surface area contributed by atoms with Gasteiger partial charge in [-0.15, -0.1) is 0 Å². The van der Waals surface area contributed by atoms with Crippen LogP contribution >= 0.6 is 7.37 Å². The quantitative estimate of drug-likeness (QED) is 0.379. The van der Waals surface area contributed by atoms with Crippen molar-refractivity contribution in [2.45, 2.75) is 18.3 Å². The summed E-state index contributed by atoms with van der Waals surface area (Å²) in [4.78, 5) is 29.6. The second-order valence-corrected chi connectivity index (χ2v) is 5.42. The zero-order valence-electron chi connectivity index (χ0n) is 7.86. The summed E-state index contributed by atoms with van der Waals surface area (Å²) < 4.78 is 15.2. The third-order valence-electron chi connectivity index (χ3n) is 1.54. The van der Waals surface area contributed by atoms with Crippen molar-refractivity contribution in [3.05, 3.63) is 0 Å². The van der Waals surface area contributed by atoms with Crippen LogP contribution in [-0.4, -0.2) is 45.8 Å². The normalized spacial score (nSPS) is 18.6. The van der Waals surface area contributed by atoms with Crippen molar-refractivity contribution < 1.29 is 34.0 Å². The Hall–Kier alpha value is -1.11. The Morgan fingerprint density at radius 1 is 1.47 bits per heavy atom. The van der Waals surface area contributed by atoms with Gasteiger partial charge < -0.3 is 25.6 Å². The van der Waals surface area contributed by atoms with Crippen molar-refractivity contribution in [1.82, 2.24) is 0 Å². The first-order valence-corrected chi connectivity index (χ1v) is 6.00. The molecule has 0 rings (SSSR count). The van der Waals surface area contributed by atoms with E-state index in [1.54, 1.807) is 0 Å². The highest BCUT2D eigenvalue weighted by atomic mass is 31.2. The molecule has 0 fully saturated rings. The molecule has 88 valence electrons. The Morgan fingerprint density at radius 3 is 2.20 bits per heavy atom. The molecular weight excluding hydrogens is 229 g/mol. The first kappa shape index (κ1) is 13.9. The summed E-state index contributed by atoms with van der Waals surface area (Å²) in [5, 5.41) is 16.7. The third-order valence-corrected chi connectivity index (χ3v) is 2.93. The van der Waals surface area contributed by atoms with Crippen molar-refractivity contribution in [3.63, 3.8) is 0 Å². The van der Waals surface area contributed by atoms with Crippen molar-refractivity contribution in [1.29, 1.82) is 0 Å². The van der Waals surface area contributed by atoms with Crippen LogP contribution in [0, 0.1) is 0 Å². The van der Waals surface area contributed by atoms with E-state index in [2.05, 4.69) is 4.74 Å². The van der Waals surface area contributed by atoms with Crippen LogP contribution in [0.1, 0.15) is 6.42 Å². The fourth-order valence-electron chi connectivity index (χ4n) is 0.776. The highest BCUT2D eigenvalue weighted by Gasteiger charge is 2.33. The van der Waals surface area contributed by atoms with Crippen LogP contribution in [-0.2, 0) is 14.1 Å². The van der Waals surface area contributed by atoms with Crippen LogP contribution in [0.2, 0.25) is 0 Å². The zero-order valence-corrected chi connectivity index (χ0v) is 8.76. The molecule has 0 bridgehead atoms. The maximum atomic E-state index is 11.1. The van der Waals surface area contributed by atoms with Gasteiger partial charge in [0.1, 0.15) is 6.04 Å². The highest BCUT2D eigenvalue weighted by molar-refractivity contribution is 7.57. The fourth-order valence-corrected chi connectivity index (χ4v) is 1.68. The Bertz CT molecular complexity index is 298. The largest absolute Gasteiger partial charge is 0.506 e. The predicted octanol–water partition coefficient (Wildman–Crippen LogP) is -0.291. The number of rotatable bonds is 5. The zero-order chi connectivity index (χ0) is 12.2. The Morgan fingerprint density at radius 2 is 1.93 bits per heavy atom. The van der Waals surface area contributed by atoms with Crippen LogP contribution in [0.4, 0.5) is 4.79 Å². The summed E-state index contributed by atoms with van der Waals surface area (Å²) >= 11 is 0. The molecular formula is C6H12NO7P. The van der Waals surface area contributed by atoms with Gasteiger partial charge in [0.05, 0.1) is 0 Å². The molecule has 0 aromatic rings. The molecule has 5 N–H and O–H groups in total. The number of hydrogen-bond acceptors (Lipinski definition) is 5. The van der Waals surface area contributed by atoms with Gasteiger partial charge in [-0.2, -0.15) is 0 Å². The van der Waals surface area contributed by atoms with E-state index in [4.69, 9.17) is 20.8 Å². The molecule has 8 nitrogen and oxygen atoms in total. The maximum Gasteiger partial charge on any atom is 0.506 e. The van der Waals surface area contributed by atoms with Crippen LogP contribution in [0.25, 0.3) is 0 Å². The second-order valence-electron chi connectivity index (χ2n) is 2.96. The van der Waals surface area contributed by atoms with Crippen LogP contribution in [0.5, 0.6) is 0 Å². The van der Waals surface area contributed by atoms with E-state index in [9.17, 15) is 14.2 Å². The predicted molar refractivity (Wildman–Crippen MR) is 48.9 cm³/mol. The monoisotopic (exact) mass is 241 g/mol. The smallest absolute Gasteiger partial charge is 0.480 e. The molecule has 0 amide bonds. The molecule has 0 heterocycles. The van der Waals surface area contributed by atoms with E-state index in [-0.39, 0.29) is 0 Å². The average molecular weight is 241 g/mol. The minimum absolute atomic E-state index is 0.550. The average Bonchev–Trinajstić information content (AvgIpc) is 2.00. The van der Waals surface area contributed by atoms with E-state index >= 15 is 0 Å². The number of aliphatic carboxylic acids is 1. The Balaban J connectivity index is 4.59. The minimum atomic E-state index is -3.87. The molecule has 0 saturated carbocycles. The maximum absolute atomic E-state index is 11.1. The molecule has 0 aliphatic heterocycles. The van der Waals surface area contributed by atoms with E-state index < -0.39 is 37.8 Å². The Labute approximate surface area is 85.1 Å². The lowest BCUT2D eigenvalue weighted by molar-refractivity contribution is -0.139. The highest BCUT2D eigenvalue weighted by Crippen LogP contribution is 2.44. The first-order valence-electron chi connectivity index (χ1n) is 3.82. The lowest BCUT2D eigenvalue weighted by Gasteiger charge is -2.20. The number of carboxylic acid groups (broad SMARTS) is 2. The molecule has 0 aliphatic carbocycles. The molecule has 0 aromatic carbocycles. The fraction of sp³-hybridized carbons (Fsp3) is 0.667. The van der Waals surface area contributed by atoms with Crippen molar-refractivity contribution in [2.24, 2.45) is 5.73 Å². The van der Waals surface area contributed by atoms with Crippen LogP contribution in [0.15, 0.2) is 0 Å². The molecule has 0 radical (unpaired) electrons. The number of ether oxygens (including phenoxy) is 1. The van der Waals surface area contributed by atoms with Crippen molar-refractivity contribution in [3.8, 4) is 0 Å².